The quantitative estimate of drug-likeness (QED) is 0.865. The van der Waals surface area contributed by atoms with Gasteiger partial charge in [-0.3, -0.25) is 19.4 Å². The summed E-state index contributed by atoms with van der Waals surface area (Å²) < 4.78 is 0. The number of nitrogens with zero attached hydrogens (tertiary/aromatic N) is 3. The number of carbonyl (C=O) groups excluding carboxylic acids is 2. The Hall–Kier alpha value is -2.40. The Bertz CT molecular complexity index is 833. The summed E-state index contributed by atoms with van der Waals surface area (Å²) in [5, 5.41) is 2.17. The predicted octanol–water partition coefficient (Wildman–Crippen LogP) is 2.56. The number of carbonyl (C=O) groups is 2. The number of hydrogen-bond acceptors (Lipinski definition) is 3. The second-order valence-electron chi connectivity index (χ2n) is 7.15. The lowest BCUT2D eigenvalue weighted by molar-refractivity contribution is -0.136. The summed E-state index contributed by atoms with van der Waals surface area (Å²) in [4.78, 5) is 31.0. The van der Waals surface area contributed by atoms with Crippen LogP contribution in [0.5, 0.6) is 0 Å². The van der Waals surface area contributed by atoms with Gasteiger partial charge in [0, 0.05) is 43.0 Å². The first-order chi connectivity index (χ1) is 12.1. The SMILES string of the molecule is CC(C)C(=O)N1CCN(CN2C(=O)c3cccc4cccc2c34)CC1. The highest BCUT2D eigenvalue weighted by atomic mass is 16.2. The van der Waals surface area contributed by atoms with Crippen molar-refractivity contribution < 1.29 is 9.59 Å². The molecule has 0 bridgehead atoms. The molecule has 4 rings (SSSR count). The summed E-state index contributed by atoms with van der Waals surface area (Å²) in [6.45, 7) is 7.52. The molecule has 1 saturated heterocycles. The number of piperazine rings is 1. The number of hydrogen-bond donors (Lipinski definition) is 0. The monoisotopic (exact) mass is 337 g/mol. The van der Waals surface area contributed by atoms with Gasteiger partial charge in [-0.15, -0.1) is 0 Å². The van der Waals surface area contributed by atoms with Gasteiger partial charge >= 0.3 is 0 Å². The number of rotatable bonds is 3. The summed E-state index contributed by atoms with van der Waals surface area (Å²) in [6, 6.07) is 12.0. The molecule has 0 atom stereocenters. The van der Waals surface area contributed by atoms with Crippen LogP contribution in [0.15, 0.2) is 36.4 Å². The van der Waals surface area contributed by atoms with Crippen molar-refractivity contribution in [3.8, 4) is 0 Å². The molecule has 0 radical (unpaired) electrons. The first kappa shape index (κ1) is 16.1. The standard InChI is InChI=1S/C20H23N3O2/c1-14(2)19(24)22-11-9-21(10-12-22)13-23-17-8-4-6-15-5-3-7-16(18(15)17)20(23)25/h3-8,14H,9-13H2,1-2H3. The van der Waals surface area contributed by atoms with E-state index in [9.17, 15) is 9.59 Å². The number of benzene rings is 2. The third-order valence-corrected chi connectivity index (χ3v) is 5.17. The van der Waals surface area contributed by atoms with E-state index < -0.39 is 0 Å². The van der Waals surface area contributed by atoms with Gasteiger partial charge in [-0.25, -0.2) is 0 Å². The van der Waals surface area contributed by atoms with Crippen molar-refractivity contribution in [2.24, 2.45) is 5.92 Å². The lowest BCUT2D eigenvalue weighted by atomic mass is 10.1. The van der Waals surface area contributed by atoms with Gasteiger partial charge < -0.3 is 4.90 Å². The largest absolute Gasteiger partial charge is 0.340 e. The maximum atomic E-state index is 12.8. The Morgan fingerprint density at radius 2 is 1.72 bits per heavy atom. The maximum absolute atomic E-state index is 12.8. The van der Waals surface area contributed by atoms with E-state index in [1.807, 2.05) is 47.9 Å². The molecule has 0 unspecified atom stereocenters. The first-order valence-corrected chi connectivity index (χ1v) is 8.91. The lowest BCUT2D eigenvalue weighted by Crippen LogP contribution is -2.52. The molecule has 0 aliphatic carbocycles. The minimum absolute atomic E-state index is 0.0406. The fourth-order valence-corrected chi connectivity index (χ4v) is 3.79. The molecular formula is C20H23N3O2. The van der Waals surface area contributed by atoms with Gasteiger partial charge in [-0.2, -0.15) is 0 Å². The third kappa shape index (κ3) is 2.68. The molecule has 0 aromatic heterocycles. The summed E-state index contributed by atoms with van der Waals surface area (Å²) in [5.74, 6) is 0.334. The van der Waals surface area contributed by atoms with Crippen LogP contribution in [0.3, 0.4) is 0 Å². The van der Waals surface area contributed by atoms with E-state index in [2.05, 4.69) is 17.0 Å². The normalized spacial score (nSPS) is 17.8. The lowest BCUT2D eigenvalue weighted by Gasteiger charge is -2.37. The van der Waals surface area contributed by atoms with Gasteiger partial charge in [0.1, 0.15) is 0 Å². The van der Waals surface area contributed by atoms with Gasteiger partial charge in [0.25, 0.3) is 5.91 Å². The number of amides is 2. The van der Waals surface area contributed by atoms with Crippen molar-refractivity contribution in [1.29, 1.82) is 0 Å². The molecule has 5 nitrogen and oxygen atoms in total. The molecule has 130 valence electrons. The van der Waals surface area contributed by atoms with E-state index in [1.165, 1.54) is 0 Å². The molecule has 2 aromatic carbocycles. The number of anilines is 1. The second kappa shape index (κ2) is 6.15. The van der Waals surface area contributed by atoms with Crippen molar-refractivity contribution in [1.82, 2.24) is 9.80 Å². The molecule has 25 heavy (non-hydrogen) atoms. The average molecular weight is 337 g/mol. The molecule has 2 amide bonds. The van der Waals surface area contributed by atoms with E-state index in [0.29, 0.717) is 6.67 Å². The van der Waals surface area contributed by atoms with Crippen LogP contribution in [-0.4, -0.2) is 54.5 Å². The van der Waals surface area contributed by atoms with Crippen LogP contribution in [0.25, 0.3) is 10.8 Å². The zero-order valence-corrected chi connectivity index (χ0v) is 14.7. The fourth-order valence-electron chi connectivity index (χ4n) is 3.79. The highest BCUT2D eigenvalue weighted by Gasteiger charge is 2.32. The highest BCUT2D eigenvalue weighted by Crippen LogP contribution is 2.37. The van der Waals surface area contributed by atoms with Gasteiger partial charge in [-0.05, 0) is 17.5 Å². The van der Waals surface area contributed by atoms with Crippen LogP contribution >= 0.6 is 0 Å². The predicted molar refractivity (Wildman–Crippen MR) is 98.6 cm³/mol. The molecule has 5 heteroatoms. The Morgan fingerprint density at radius 3 is 2.40 bits per heavy atom. The summed E-state index contributed by atoms with van der Waals surface area (Å²) in [6.07, 6.45) is 0. The molecule has 2 aliphatic rings. The molecule has 2 heterocycles. The third-order valence-electron chi connectivity index (χ3n) is 5.17. The van der Waals surface area contributed by atoms with E-state index in [1.54, 1.807) is 0 Å². The molecule has 0 N–H and O–H groups in total. The minimum Gasteiger partial charge on any atom is -0.340 e. The average Bonchev–Trinajstić information content (AvgIpc) is 2.90. The Balaban J connectivity index is 1.49. The molecule has 0 saturated carbocycles. The Morgan fingerprint density at radius 1 is 1.04 bits per heavy atom. The maximum Gasteiger partial charge on any atom is 0.260 e. The van der Waals surface area contributed by atoms with Crippen LogP contribution in [0.1, 0.15) is 24.2 Å². The van der Waals surface area contributed by atoms with Crippen LogP contribution in [0, 0.1) is 5.92 Å². The molecular weight excluding hydrogens is 314 g/mol. The molecule has 0 spiro atoms. The van der Waals surface area contributed by atoms with E-state index >= 15 is 0 Å². The second-order valence-corrected chi connectivity index (χ2v) is 7.15. The smallest absolute Gasteiger partial charge is 0.260 e. The van der Waals surface area contributed by atoms with Crippen LogP contribution in [-0.2, 0) is 4.79 Å². The Kier molecular flexibility index (Phi) is 3.96. The molecule has 2 aliphatic heterocycles. The van der Waals surface area contributed by atoms with Gasteiger partial charge in [0.15, 0.2) is 0 Å². The Labute approximate surface area is 147 Å². The van der Waals surface area contributed by atoms with E-state index in [0.717, 1.165) is 48.2 Å². The molecule has 1 fully saturated rings. The topological polar surface area (TPSA) is 43.9 Å². The van der Waals surface area contributed by atoms with Crippen molar-refractivity contribution in [3.05, 3.63) is 42.0 Å². The highest BCUT2D eigenvalue weighted by molar-refractivity contribution is 6.24. The van der Waals surface area contributed by atoms with E-state index in [4.69, 9.17) is 0 Å². The summed E-state index contributed by atoms with van der Waals surface area (Å²) >= 11 is 0. The zero-order valence-electron chi connectivity index (χ0n) is 14.7. The van der Waals surface area contributed by atoms with Crippen molar-refractivity contribution in [3.63, 3.8) is 0 Å². The van der Waals surface area contributed by atoms with Crippen molar-refractivity contribution in [2.75, 3.05) is 37.7 Å². The van der Waals surface area contributed by atoms with Gasteiger partial charge in [-0.1, -0.05) is 38.1 Å². The van der Waals surface area contributed by atoms with E-state index in [-0.39, 0.29) is 17.7 Å². The molecule has 2 aromatic rings. The fraction of sp³-hybridized carbons (Fsp3) is 0.400. The van der Waals surface area contributed by atoms with Crippen molar-refractivity contribution >= 4 is 28.3 Å². The van der Waals surface area contributed by atoms with Crippen LogP contribution < -0.4 is 4.90 Å². The van der Waals surface area contributed by atoms with Gasteiger partial charge in [0.2, 0.25) is 5.91 Å². The van der Waals surface area contributed by atoms with Crippen molar-refractivity contribution in [2.45, 2.75) is 13.8 Å². The summed E-state index contributed by atoms with van der Waals surface area (Å²) in [5.41, 5.74) is 1.79. The first-order valence-electron chi connectivity index (χ1n) is 8.91. The van der Waals surface area contributed by atoms with Gasteiger partial charge in [0.05, 0.1) is 12.4 Å². The summed E-state index contributed by atoms with van der Waals surface area (Å²) in [7, 11) is 0. The van der Waals surface area contributed by atoms with Crippen LogP contribution in [0.2, 0.25) is 0 Å². The minimum atomic E-state index is 0.0406. The zero-order chi connectivity index (χ0) is 17.6. The van der Waals surface area contributed by atoms with Crippen LogP contribution in [0.4, 0.5) is 5.69 Å².